The highest BCUT2D eigenvalue weighted by molar-refractivity contribution is 6.46. The molecule has 6 nitrogen and oxygen atoms in total. The van der Waals surface area contributed by atoms with E-state index in [0.717, 1.165) is 0 Å². The number of carbonyl (C=O) groups excluding carboxylic acids is 2. The number of ketones is 1. The van der Waals surface area contributed by atoms with Crippen molar-refractivity contribution in [3.05, 3.63) is 70.3 Å². The van der Waals surface area contributed by atoms with Gasteiger partial charge in [0, 0.05) is 24.2 Å². The minimum absolute atomic E-state index is 0.0255. The maximum Gasteiger partial charge on any atom is 0.295 e. The monoisotopic (exact) mass is 415 g/mol. The number of methoxy groups -OCH3 is 1. The van der Waals surface area contributed by atoms with Gasteiger partial charge in [-0.1, -0.05) is 23.7 Å². The number of Topliss-reactive ketones (excluding diaryl/α,β-unsaturated/α-hetero) is 1. The van der Waals surface area contributed by atoms with Gasteiger partial charge in [0.2, 0.25) is 0 Å². The fourth-order valence-electron chi connectivity index (χ4n) is 3.35. The summed E-state index contributed by atoms with van der Waals surface area (Å²) in [5.74, 6) is -1.01. The SMILES string of the molecule is CCOc1ccc(/C(O)=C2\C(=O)C(=O)N(CCOC)[C@H]2c2cccc(Cl)c2)cc1. The Kier molecular flexibility index (Phi) is 6.56. The van der Waals surface area contributed by atoms with Gasteiger partial charge in [0.25, 0.3) is 11.7 Å². The summed E-state index contributed by atoms with van der Waals surface area (Å²) >= 11 is 6.13. The largest absolute Gasteiger partial charge is 0.507 e. The zero-order chi connectivity index (χ0) is 21.0. The molecule has 0 spiro atoms. The van der Waals surface area contributed by atoms with E-state index in [1.165, 1.54) is 12.0 Å². The van der Waals surface area contributed by atoms with Crippen LogP contribution >= 0.6 is 11.6 Å². The van der Waals surface area contributed by atoms with Crippen LogP contribution in [0.4, 0.5) is 0 Å². The van der Waals surface area contributed by atoms with Crippen molar-refractivity contribution in [2.45, 2.75) is 13.0 Å². The second kappa shape index (κ2) is 9.11. The van der Waals surface area contributed by atoms with Gasteiger partial charge in [-0.15, -0.1) is 0 Å². The van der Waals surface area contributed by atoms with Gasteiger partial charge in [0.1, 0.15) is 11.5 Å². The average Bonchev–Trinajstić information content (AvgIpc) is 2.97. The van der Waals surface area contributed by atoms with Crippen LogP contribution in [-0.2, 0) is 14.3 Å². The van der Waals surface area contributed by atoms with Gasteiger partial charge in [0.05, 0.1) is 24.8 Å². The average molecular weight is 416 g/mol. The number of halogens is 1. The van der Waals surface area contributed by atoms with Gasteiger partial charge in [-0.3, -0.25) is 9.59 Å². The van der Waals surface area contributed by atoms with Crippen molar-refractivity contribution in [2.75, 3.05) is 26.9 Å². The number of hydrogen-bond donors (Lipinski definition) is 1. The minimum atomic E-state index is -0.754. The van der Waals surface area contributed by atoms with Crippen LogP contribution in [0.1, 0.15) is 24.1 Å². The number of aliphatic hydroxyl groups is 1. The molecule has 0 saturated carbocycles. The molecular formula is C22H22ClNO5. The molecule has 7 heteroatoms. The summed E-state index contributed by atoms with van der Waals surface area (Å²) in [6.45, 7) is 2.86. The third-order valence-electron chi connectivity index (χ3n) is 4.68. The zero-order valence-corrected chi connectivity index (χ0v) is 17.0. The van der Waals surface area contributed by atoms with E-state index in [-0.39, 0.29) is 24.5 Å². The van der Waals surface area contributed by atoms with E-state index in [1.54, 1.807) is 48.5 Å². The number of aliphatic hydroxyl groups excluding tert-OH is 1. The van der Waals surface area contributed by atoms with Crippen molar-refractivity contribution < 1.29 is 24.2 Å². The first-order valence-corrected chi connectivity index (χ1v) is 9.61. The lowest BCUT2D eigenvalue weighted by molar-refractivity contribution is -0.140. The summed E-state index contributed by atoms with van der Waals surface area (Å²) in [4.78, 5) is 26.9. The fourth-order valence-corrected chi connectivity index (χ4v) is 3.55. The van der Waals surface area contributed by atoms with Crippen molar-refractivity contribution in [1.29, 1.82) is 0 Å². The molecule has 1 aliphatic heterocycles. The number of likely N-dealkylation sites (tertiary alicyclic amines) is 1. The van der Waals surface area contributed by atoms with Crippen LogP contribution in [0.25, 0.3) is 5.76 Å². The summed E-state index contributed by atoms with van der Waals surface area (Å²) in [6.07, 6.45) is 0. The zero-order valence-electron chi connectivity index (χ0n) is 16.2. The Balaban J connectivity index is 2.10. The van der Waals surface area contributed by atoms with Gasteiger partial charge in [-0.25, -0.2) is 0 Å². The second-order valence-corrected chi connectivity index (χ2v) is 6.93. The molecule has 3 rings (SSSR count). The van der Waals surface area contributed by atoms with Gasteiger partial charge in [-0.05, 0) is 48.9 Å². The van der Waals surface area contributed by atoms with E-state index < -0.39 is 17.7 Å². The molecule has 1 heterocycles. The Morgan fingerprint density at radius 1 is 1.17 bits per heavy atom. The molecule has 2 aromatic rings. The standard InChI is InChI=1S/C22H22ClNO5/c1-3-29-17-9-7-14(8-10-17)20(25)18-19(15-5-4-6-16(23)13-15)24(11-12-28-2)22(27)21(18)26/h4-10,13,19,25H,3,11-12H2,1-2H3/b20-18+/t19-/m0/s1. The number of amides is 1. The Hall–Kier alpha value is -2.83. The van der Waals surface area contributed by atoms with E-state index >= 15 is 0 Å². The van der Waals surface area contributed by atoms with Crippen molar-refractivity contribution in [3.63, 3.8) is 0 Å². The third kappa shape index (κ3) is 4.28. The molecule has 0 radical (unpaired) electrons. The first kappa shape index (κ1) is 20.9. The van der Waals surface area contributed by atoms with Crippen LogP contribution in [0.2, 0.25) is 5.02 Å². The van der Waals surface area contributed by atoms with Gasteiger partial charge in [-0.2, -0.15) is 0 Å². The number of rotatable bonds is 7. The highest BCUT2D eigenvalue weighted by Gasteiger charge is 2.45. The molecular weight excluding hydrogens is 394 g/mol. The molecule has 1 fully saturated rings. The van der Waals surface area contributed by atoms with Crippen LogP contribution in [0, 0.1) is 0 Å². The molecule has 152 valence electrons. The molecule has 1 N–H and O–H groups in total. The fraction of sp³-hybridized carbons (Fsp3) is 0.273. The molecule has 0 bridgehead atoms. The van der Waals surface area contributed by atoms with Gasteiger partial charge in [0.15, 0.2) is 0 Å². The van der Waals surface area contributed by atoms with E-state index in [9.17, 15) is 14.7 Å². The van der Waals surface area contributed by atoms with E-state index in [1.807, 2.05) is 6.92 Å². The topological polar surface area (TPSA) is 76.1 Å². The quantitative estimate of drug-likeness (QED) is 0.423. The minimum Gasteiger partial charge on any atom is -0.507 e. The molecule has 1 aliphatic rings. The smallest absolute Gasteiger partial charge is 0.295 e. The number of hydrogen-bond acceptors (Lipinski definition) is 5. The predicted molar refractivity (Wildman–Crippen MR) is 110 cm³/mol. The molecule has 0 unspecified atom stereocenters. The third-order valence-corrected chi connectivity index (χ3v) is 4.91. The van der Waals surface area contributed by atoms with Crippen LogP contribution in [0.15, 0.2) is 54.1 Å². The predicted octanol–water partition coefficient (Wildman–Crippen LogP) is 3.81. The Morgan fingerprint density at radius 2 is 1.90 bits per heavy atom. The summed E-state index contributed by atoms with van der Waals surface area (Å²) in [5.41, 5.74) is 1.09. The van der Waals surface area contributed by atoms with Crippen molar-refractivity contribution >= 4 is 29.1 Å². The molecule has 0 aromatic heterocycles. The lowest BCUT2D eigenvalue weighted by Crippen LogP contribution is -2.32. The molecule has 1 amide bonds. The highest BCUT2D eigenvalue weighted by Crippen LogP contribution is 2.39. The van der Waals surface area contributed by atoms with Crippen LogP contribution in [0.5, 0.6) is 5.75 Å². The molecule has 1 atom stereocenters. The number of ether oxygens (including phenoxy) is 2. The lowest BCUT2D eigenvalue weighted by atomic mass is 9.95. The Labute approximate surface area is 174 Å². The normalized spacial score (nSPS) is 18.3. The maximum atomic E-state index is 12.8. The van der Waals surface area contributed by atoms with Crippen molar-refractivity contribution in [3.8, 4) is 5.75 Å². The molecule has 2 aromatic carbocycles. The Morgan fingerprint density at radius 3 is 2.52 bits per heavy atom. The maximum absolute atomic E-state index is 12.8. The van der Waals surface area contributed by atoms with Crippen LogP contribution in [-0.4, -0.2) is 48.6 Å². The first-order chi connectivity index (χ1) is 14.0. The highest BCUT2D eigenvalue weighted by atomic mass is 35.5. The van der Waals surface area contributed by atoms with E-state index in [2.05, 4.69) is 0 Å². The lowest BCUT2D eigenvalue weighted by Gasteiger charge is -2.25. The summed E-state index contributed by atoms with van der Waals surface area (Å²) in [5, 5.41) is 11.4. The van der Waals surface area contributed by atoms with E-state index in [4.69, 9.17) is 21.1 Å². The second-order valence-electron chi connectivity index (χ2n) is 6.50. The molecule has 1 saturated heterocycles. The molecule has 29 heavy (non-hydrogen) atoms. The van der Waals surface area contributed by atoms with Gasteiger partial charge >= 0.3 is 0 Å². The summed E-state index contributed by atoms with van der Waals surface area (Å²) in [7, 11) is 1.52. The Bertz CT molecular complexity index is 938. The molecule has 0 aliphatic carbocycles. The van der Waals surface area contributed by atoms with Crippen molar-refractivity contribution in [2.24, 2.45) is 0 Å². The van der Waals surface area contributed by atoms with Crippen LogP contribution < -0.4 is 4.74 Å². The summed E-state index contributed by atoms with van der Waals surface area (Å²) in [6, 6.07) is 12.9. The number of carbonyl (C=O) groups is 2. The van der Waals surface area contributed by atoms with Crippen LogP contribution in [0.3, 0.4) is 0 Å². The number of benzene rings is 2. The first-order valence-electron chi connectivity index (χ1n) is 9.24. The van der Waals surface area contributed by atoms with Crippen molar-refractivity contribution in [1.82, 2.24) is 4.90 Å². The summed E-state index contributed by atoms with van der Waals surface area (Å²) < 4.78 is 10.5. The number of nitrogens with zero attached hydrogens (tertiary/aromatic N) is 1. The van der Waals surface area contributed by atoms with Gasteiger partial charge < -0.3 is 19.5 Å². The van der Waals surface area contributed by atoms with E-state index in [0.29, 0.717) is 28.5 Å².